The first-order valence-corrected chi connectivity index (χ1v) is 8.24. The van der Waals surface area contributed by atoms with E-state index in [1.54, 1.807) is 6.92 Å². The first-order valence-electron chi connectivity index (χ1n) is 6.52. The number of carboxylic acids is 1. The molecule has 1 fully saturated rings. The minimum atomic E-state index is -3.67. The monoisotopic (exact) mass is 327 g/mol. The van der Waals surface area contributed by atoms with E-state index in [4.69, 9.17) is 16.0 Å². The Bertz CT molecular complexity index is 744. The number of amides is 1. The molecule has 0 radical (unpaired) electrons. The number of primary sulfonamides is 1. The maximum Gasteiger partial charge on any atom is 0.335 e. The lowest BCUT2D eigenvalue weighted by molar-refractivity contribution is -0.117. The molecule has 1 amide bonds. The third-order valence-electron chi connectivity index (χ3n) is 3.63. The van der Waals surface area contributed by atoms with Gasteiger partial charge in [-0.1, -0.05) is 0 Å². The molecule has 2 rings (SSSR count). The molecular weight excluding hydrogens is 310 g/mol. The molecule has 120 valence electrons. The van der Waals surface area contributed by atoms with Crippen LogP contribution >= 0.6 is 0 Å². The van der Waals surface area contributed by atoms with Crippen molar-refractivity contribution in [3.63, 3.8) is 0 Å². The van der Waals surface area contributed by atoms with Gasteiger partial charge in [-0.15, -0.1) is 0 Å². The van der Waals surface area contributed by atoms with Crippen LogP contribution in [0.3, 0.4) is 0 Å². The van der Waals surface area contributed by atoms with Gasteiger partial charge in [0, 0.05) is 30.3 Å². The number of hydrogen-bond donors (Lipinski definition) is 3. The summed E-state index contributed by atoms with van der Waals surface area (Å²) in [6.07, 6.45) is 0.0487. The van der Waals surface area contributed by atoms with Gasteiger partial charge in [0.2, 0.25) is 15.9 Å². The van der Waals surface area contributed by atoms with E-state index in [0.29, 0.717) is 11.3 Å². The number of carboxylic acid groups (broad SMARTS) is 1. The molecule has 0 bridgehead atoms. The van der Waals surface area contributed by atoms with Crippen LogP contribution in [0.15, 0.2) is 12.1 Å². The zero-order valence-electron chi connectivity index (χ0n) is 11.9. The Morgan fingerprint density at radius 3 is 2.64 bits per heavy atom. The zero-order chi connectivity index (χ0) is 16.7. The van der Waals surface area contributed by atoms with Crippen molar-refractivity contribution in [2.75, 3.05) is 22.9 Å². The topological polar surface area (TPSA) is 144 Å². The van der Waals surface area contributed by atoms with Crippen LogP contribution in [-0.4, -0.2) is 37.7 Å². The molecule has 0 spiro atoms. The lowest BCUT2D eigenvalue weighted by Crippen LogP contribution is -2.28. The summed E-state index contributed by atoms with van der Waals surface area (Å²) in [5.41, 5.74) is 6.99. The number of nitrogens with two attached hydrogens (primary N) is 2. The highest BCUT2D eigenvalue weighted by Gasteiger charge is 2.34. The fraction of sp³-hybridized carbons (Fsp3) is 0.385. The Balaban J connectivity index is 2.36. The summed E-state index contributed by atoms with van der Waals surface area (Å²) < 4.78 is 22.3. The Morgan fingerprint density at radius 2 is 2.09 bits per heavy atom. The SMILES string of the molecule is Cc1c(N)cc(C(=O)O)cc1N1CC(CS(N)(=O)=O)CC1=O. The van der Waals surface area contributed by atoms with Gasteiger partial charge in [0.25, 0.3) is 0 Å². The van der Waals surface area contributed by atoms with Gasteiger partial charge in [-0.05, 0) is 24.6 Å². The first-order chi connectivity index (χ1) is 10.1. The van der Waals surface area contributed by atoms with E-state index in [0.717, 1.165) is 0 Å². The quantitative estimate of drug-likeness (QED) is 0.660. The number of benzene rings is 1. The van der Waals surface area contributed by atoms with E-state index < -0.39 is 21.9 Å². The Labute approximate surface area is 127 Å². The summed E-state index contributed by atoms with van der Waals surface area (Å²) >= 11 is 0. The second-order valence-electron chi connectivity index (χ2n) is 5.42. The predicted molar refractivity (Wildman–Crippen MR) is 81.0 cm³/mol. The molecule has 22 heavy (non-hydrogen) atoms. The van der Waals surface area contributed by atoms with Gasteiger partial charge in [-0.3, -0.25) is 4.79 Å². The summed E-state index contributed by atoms with van der Waals surface area (Å²) in [6, 6.07) is 2.69. The largest absolute Gasteiger partial charge is 0.478 e. The van der Waals surface area contributed by atoms with Crippen LogP contribution in [0.4, 0.5) is 11.4 Å². The van der Waals surface area contributed by atoms with Crippen LogP contribution in [0.1, 0.15) is 22.3 Å². The number of carbonyl (C=O) groups excluding carboxylic acids is 1. The van der Waals surface area contributed by atoms with Crippen LogP contribution in [0.5, 0.6) is 0 Å². The normalized spacial score (nSPS) is 18.7. The second kappa shape index (κ2) is 5.58. The molecule has 1 heterocycles. The molecule has 1 aliphatic heterocycles. The van der Waals surface area contributed by atoms with Crippen molar-refractivity contribution in [2.45, 2.75) is 13.3 Å². The number of aromatic carboxylic acids is 1. The maximum atomic E-state index is 12.1. The molecule has 1 atom stereocenters. The van der Waals surface area contributed by atoms with Crippen molar-refractivity contribution in [2.24, 2.45) is 11.1 Å². The van der Waals surface area contributed by atoms with Gasteiger partial charge >= 0.3 is 5.97 Å². The van der Waals surface area contributed by atoms with Crippen molar-refractivity contribution in [3.8, 4) is 0 Å². The molecular formula is C13H17N3O5S. The highest BCUT2D eigenvalue weighted by Crippen LogP contribution is 2.32. The maximum absolute atomic E-state index is 12.1. The van der Waals surface area contributed by atoms with E-state index >= 15 is 0 Å². The van der Waals surface area contributed by atoms with Crippen molar-refractivity contribution in [3.05, 3.63) is 23.3 Å². The summed E-state index contributed by atoms with van der Waals surface area (Å²) in [6.45, 7) is 1.84. The molecule has 5 N–H and O–H groups in total. The van der Waals surface area contributed by atoms with Crippen LogP contribution in [0, 0.1) is 12.8 Å². The lowest BCUT2D eigenvalue weighted by atomic mass is 10.1. The van der Waals surface area contributed by atoms with Crippen molar-refractivity contribution < 1.29 is 23.1 Å². The summed E-state index contributed by atoms with van der Waals surface area (Å²) in [5, 5.41) is 14.1. The number of nitrogen functional groups attached to an aromatic ring is 1. The molecule has 0 aliphatic carbocycles. The molecule has 0 aromatic heterocycles. The molecule has 1 aromatic carbocycles. The minimum Gasteiger partial charge on any atom is -0.478 e. The van der Waals surface area contributed by atoms with Gasteiger partial charge < -0.3 is 15.7 Å². The summed E-state index contributed by atoms with van der Waals surface area (Å²) in [5.74, 6) is -2.14. The van der Waals surface area contributed by atoms with Crippen molar-refractivity contribution in [1.29, 1.82) is 0 Å². The molecule has 9 heteroatoms. The van der Waals surface area contributed by atoms with E-state index in [-0.39, 0.29) is 35.9 Å². The first kappa shape index (κ1) is 16.2. The third kappa shape index (κ3) is 3.37. The Morgan fingerprint density at radius 1 is 1.45 bits per heavy atom. The molecule has 8 nitrogen and oxygen atoms in total. The summed E-state index contributed by atoms with van der Waals surface area (Å²) in [4.78, 5) is 24.6. The van der Waals surface area contributed by atoms with Crippen LogP contribution < -0.4 is 15.8 Å². The predicted octanol–water partition coefficient (Wildman–Crippen LogP) is -0.0832. The van der Waals surface area contributed by atoms with Crippen molar-refractivity contribution >= 4 is 33.3 Å². The average molecular weight is 327 g/mol. The number of rotatable bonds is 4. The molecule has 1 aromatic rings. The van der Waals surface area contributed by atoms with Gasteiger partial charge in [-0.2, -0.15) is 0 Å². The van der Waals surface area contributed by atoms with Gasteiger partial charge in [0.15, 0.2) is 0 Å². The van der Waals surface area contributed by atoms with E-state index in [1.807, 2.05) is 0 Å². The molecule has 1 unspecified atom stereocenters. The lowest BCUT2D eigenvalue weighted by Gasteiger charge is -2.21. The fourth-order valence-corrected chi connectivity index (χ4v) is 3.46. The third-order valence-corrected chi connectivity index (χ3v) is 4.57. The highest BCUT2D eigenvalue weighted by molar-refractivity contribution is 7.89. The van der Waals surface area contributed by atoms with Crippen LogP contribution in [0.25, 0.3) is 0 Å². The van der Waals surface area contributed by atoms with Crippen LogP contribution in [0.2, 0.25) is 0 Å². The molecule has 1 aliphatic rings. The number of sulfonamides is 1. The highest BCUT2D eigenvalue weighted by atomic mass is 32.2. The number of carbonyl (C=O) groups is 2. The van der Waals surface area contributed by atoms with Gasteiger partial charge in [0.1, 0.15) is 0 Å². The van der Waals surface area contributed by atoms with Gasteiger partial charge in [0.05, 0.1) is 11.3 Å². The van der Waals surface area contributed by atoms with E-state index in [1.165, 1.54) is 17.0 Å². The zero-order valence-corrected chi connectivity index (χ0v) is 12.8. The number of hydrogen-bond acceptors (Lipinski definition) is 5. The molecule has 1 saturated heterocycles. The Kier molecular flexibility index (Phi) is 4.12. The summed E-state index contributed by atoms with van der Waals surface area (Å²) in [7, 11) is -3.67. The van der Waals surface area contributed by atoms with Crippen LogP contribution in [-0.2, 0) is 14.8 Å². The standard InChI is InChI=1S/C13H17N3O5S/c1-7-10(14)3-9(13(18)19)4-11(7)16-5-8(2-12(16)17)6-22(15,20)21/h3-4,8H,2,5-6,14H2,1H3,(H,18,19)(H2,15,20,21). The fourth-order valence-electron chi connectivity index (χ4n) is 2.58. The van der Waals surface area contributed by atoms with E-state index in [2.05, 4.69) is 0 Å². The number of anilines is 2. The second-order valence-corrected chi connectivity index (χ2v) is 7.08. The minimum absolute atomic E-state index is 0.0270. The van der Waals surface area contributed by atoms with Gasteiger partial charge in [-0.25, -0.2) is 18.4 Å². The average Bonchev–Trinajstić information content (AvgIpc) is 2.70. The smallest absolute Gasteiger partial charge is 0.335 e. The van der Waals surface area contributed by atoms with Crippen molar-refractivity contribution in [1.82, 2.24) is 0 Å². The Hall–Kier alpha value is -2.13. The van der Waals surface area contributed by atoms with E-state index in [9.17, 15) is 18.0 Å². The molecule has 0 saturated carbocycles. The number of nitrogens with zero attached hydrogens (tertiary/aromatic N) is 1.